The molecule has 4 heteroatoms. The number of methoxy groups -OCH3 is 1. The zero-order valence-corrected chi connectivity index (χ0v) is 11.4. The van der Waals surface area contributed by atoms with Crippen LogP contribution < -0.4 is 4.74 Å². The van der Waals surface area contributed by atoms with Crippen molar-refractivity contribution >= 4 is 59.9 Å². The van der Waals surface area contributed by atoms with Crippen LogP contribution in [-0.2, 0) is 0 Å². The van der Waals surface area contributed by atoms with Gasteiger partial charge in [0.15, 0.2) is 5.06 Å². The van der Waals surface area contributed by atoms with Crippen LogP contribution in [-0.4, -0.2) is 7.11 Å². The largest absolute Gasteiger partial charge is 0.487 e. The van der Waals surface area contributed by atoms with Crippen LogP contribution in [0.4, 0.5) is 0 Å². The Bertz CT molecular complexity index is 452. The van der Waals surface area contributed by atoms with Crippen molar-refractivity contribution < 1.29 is 4.74 Å². The molecule has 0 saturated carbocycles. The molecule has 13 heavy (non-hydrogen) atoms. The summed E-state index contributed by atoms with van der Waals surface area (Å²) >= 11 is 7.52. The van der Waals surface area contributed by atoms with Gasteiger partial charge in [-0.3, -0.25) is 0 Å². The van der Waals surface area contributed by atoms with Gasteiger partial charge >= 0.3 is 0 Å². The predicted octanol–water partition coefficient (Wildman–Crippen LogP) is 4.28. The lowest BCUT2D eigenvalue weighted by Gasteiger charge is -1.95. The first kappa shape index (κ1) is 9.73. The zero-order chi connectivity index (χ0) is 9.42. The quantitative estimate of drug-likeness (QED) is 0.683. The maximum Gasteiger partial charge on any atom is 0.174 e. The molecule has 0 aliphatic heterocycles. The Kier molecular flexibility index (Phi) is 2.80. The molecular formula is C9H6BrIOS. The fraction of sp³-hybridized carbons (Fsp3) is 0.111. The van der Waals surface area contributed by atoms with E-state index in [9.17, 15) is 0 Å². The first-order valence-corrected chi connectivity index (χ1v) is 6.32. The van der Waals surface area contributed by atoms with Gasteiger partial charge in [0.25, 0.3) is 0 Å². The molecule has 2 aromatic rings. The predicted molar refractivity (Wildman–Crippen MR) is 68.8 cm³/mol. The van der Waals surface area contributed by atoms with Gasteiger partial charge in [-0.1, -0.05) is 17.4 Å². The van der Waals surface area contributed by atoms with Crippen LogP contribution in [0.3, 0.4) is 0 Å². The Morgan fingerprint density at radius 2 is 2.23 bits per heavy atom. The minimum absolute atomic E-state index is 0.964. The number of benzene rings is 1. The first-order chi connectivity index (χ1) is 6.22. The van der Waals surface area contributed by atoms with Gasteiger partial charge in [0.1, 0.15) is 0 Å². The molecule has 0 radical (unpaired) electrons. The third-order valence-corrected chi connectivity index (χ3v) is 5.78. The lowest BCUT2D eigenvalue weighted by Crippen LogP contribution is -1.73. The van der Waals surface area contributed by atoms with Gasteiger partial charge in [-0.25, -0.2) is 0 Å². The highest BCUT2D eigenvalue weighted by Crippen LogP contribution is 2.37. The summed E-state index contributed by atoms with van der Waals surface area (Å²) in [5.41, 5.74) is 0. The van der Waals surface area contributed by atoms with Crippen LogP contribution in [0.15, 0.2) is 22.7 Å². The van der Waals surface area contributed by atoms with Crippen LogP contribution in [0, 0.1) is 3.57 Å². The molecule has 0 amide bonds. The summed E-state index contributed by atoms with van der Waals surface area (Å²) in [5.74, 6) is 0. The van der Waals surface area contributed by atoms with Gasteiger partial charge in [-0.05, 0) is 56.0 Å². The van der Waals surface area contributed by atoms with Gasteiger partial charge in [-0.2, -0.15) is 0 Å². The monoisotopic (exact) mass is 368 g/mol. The number of hydrogen-bond acceptors (Lipinski definition) is 2. The molecule has 0 fully saturated rings. The van der Waals surface area contributed by atoms with Crippen LogP contribution in [0.1, 0.15) is 0 Å². The van der Waals surface area contributed by atoms with E-state index in [0.29, 0.717) is 0 Å². The number of hydrogen-bond donors (Lipinski definition) is 0. The number of rotatable bonds is 1. The second kappa shape index (κ2) is 3.74. The molecule has 1 aromatic carbocycles. The zero-order valence-electron chi connectivity index (χ0n) is 6.80. The highest BCUT2D eigenvalue weighted by molar-refractivity contribution is 14.1. The molecule has 0 saturated heterocycles. The third-order valence-electron chi connectivity index (χ3n) is 1.76. The maximum atomic E-state index is 5.19. The fourth-order valence-corrected chi connectivity index (χ4v) is 3.32. The van der Waals surface area contributed by atoms with Crippen molar-refractivity contribution in [2.24, 2.45) is 0 Å². The minimum atomic E-state index is 0.964. The average molecular weight is 369 g/mol. The van der Waals surface area contributed by atoms with E-state index in [1.807, 2.05) is 0 Å². The van der Waals surface area contributed by atoms with Gasteiger partial charge in [0.2, 0.25) is 0 Å². The van der Waals surface area contributed by atoms with Gasteiger partial charge < -0.3 is 4.74 Å². The standard InChI is InChI=1S/C9H6BrIOS/c1-12-7-4-5-2-3-6(10)8(11)9(5)13-7/h2-4H,1H3. The van der Waals surface area contributed by atoms with E-state index in [1.54, 1.807) is 18.4 Å². The summed E-state index contributed by atoms with van der Waals surface area (Å²) in [6.45, 7) is 0. The van der Waals surface area contributed by atoms with Crippen molar-refractivity contribution in [1.82, 2.24) is 0 Å². The number of halogens is 2. The second-order valence-corrected chi connectivity index (χ2v) is 5.50. The summed E-state index contributed by atoms with van der Waals surface area (Å²) in [5, 5.41) is 2.21. The number of thiophene rings is 1. The lowest BCUT2D eigenvalue weighted by atomic mass is 10.3. The summed E-state index contributed by atoms with van der Waals surface area (Å²) in [6, 6.07) is 6.23. The Hall–Kier alpha value is 0.190. The molecule has 0 unspecified atom stereocenters. The summed E-state index contributed by atoms with van der Waals surface area (Å²) in [6.07, 6.45) is 0. The lowest BCUT2D eigenvalue weighted by molar-refractivity contribution is 0.427. The van der Waals surface area contributed by atoms with E-state index in [2.05, 4.69) is 56.7 Å². The Morgan fingerprint density at radius 1 is 1.46 bits per heavy atom. The van der Waals surface area contributed by atoms with Crippen LogP contribution >= 0.6 is 49.9 Å². The van der Waals surface area contributed by atoms with Crippen molar-refractivity contribution in [3.63, 3.8) is 0 Å². The molecule has 0 aliphatic carbocycles. The van der Waals surface area contributed by atoms with E-state index in [1.165, 1.54) is 13.7 Å². The molecular weight excluding hydrogens is 363 g/mol. The van der Waals surface area contributed by atoms with Gasteiger partial charge in [0.05, 0.1) is 11.8 Å². The van der Waals surface area contributed by atoms with Gasteiger partial charge in [0, 0.05) is 8.04 Å². The van der Waals surface area contributed by atoms with Crippen molar-refractivity contribution in [2.45, 2.75) is 0 Å². The van der Waals surface area contributed by atoms with Crippen molar-refractivity contribution in [1.29, 1.82) is 0 Å². The number of ether oxygens (including phenoxy) is 1. The van der Waals surface area contributed by atoms with Crippen molar-refractivity contribution in [2.75, 3.05) is 7.11 Å². The normalized spacial score (nSPS) is 10.7. The Labute approximate surface area is 102 Å². The SMILES string of the molecule is COc1cc2ccc(Br)c(I)c2s1. The molecule has 1 nitrogen and oxygen atoms in total. The molecule has 1 aromatic heterocycles. The Morgan fingerprint density at radius 3 is 2.92 bits per heavy atom. The van der Waals surface area contributed by atoms with E-state index in [0.717, 1.165) is 9.54 Å². The topological polar surface area (TPSA) is 9.23 Å². The van der Waals surface area contributed by atoms with E-state index >= 15 is 0 Å². The average Bonchev–Trinajstić information content (AvgIpc) is 2.55. The third kappa shape index (κ3) is 1.71. The van der Waals surface area contributed by atoms with Crippen molar-refractivity contribution in [3.05, 3.63) is 26.2 Å². The molecule has 0 N–H and O–H groups in total. The second-order valence-electron chi connectivity index (χ2n) is 2.55. The summed E-state index contributed by atoms with van der Waals surface area (Å²) in [7, 11) is 1.70. The van der Waals surface area contributed by atoms with Crippen molar-refractivity contribution in [3.8, 4) is 5.06 Å². The van der Waals surface area contributed by atoms with Crippen LogP contribution in [0.5, 0.6) is 5.06 Å². The molecule has 0 spiro atoms. The molecule has 68 valence electrons. The highest BCUT2D eigenvalue weighted by Gasteiger charge is 2.07. The van der Waals surface area contributed by atoms with E-state index in [-0.39, 0.29) is 0 Å². The maximum absolute atomic E-state index is 5.19. The summed E-state index contributed by atoms with van der Waals surface area (Å²) < 4.78 is 8.87. The molecule has 0 bridgehead atoms. The minimum Gasteiger partial charge on any atom is -0.487 e. The Balaban J connectivity index is 2.76. The number of fused-ring (bicyclic) bond motifs is 1. The van der Waals surface area contributed by atoms with Crippen LogP contribution in [0.25, 0.3) is 10.1 Å². The molecule has 0 atom stereocenters. The first-order valence-electron chi connectivity index (χ1n) is 3.64. The molecule has 1 heterocycles. The van der Waals surface area contributed by atoms with Crippen LogP contribution in [0.2, 0.25) is 0 Å². The smallest absolute Gasteiger partial charge is 0.174 e. The van der Waals surface area contributed by atoms with Gasteiger partial charge in [-0.15, -0.1) is 0 Å². The highest BCUT2D eigenvalue weighted by atomic mass is 127. The van der Waals surface area contributed by atoms with E-state index < -0.39 is 0 Å². The summed E-state index contributed by atoms with van der Waals surface area (Å²) in [4.78, 5) is 0. The molecule has 2 rings (SSSR count). The molecule has 0 aliphatic rings. The van der Waals surface area contributed by atoms with E-state index in [4.69, 9.17) is 4.74 Å². The fourth-order valence-electron chi connectivity index (χ4n) is 1.12.